The number of benzene rings is 1. The molecule has 1 aromatic heterocycles. The van der Waals surface area contributed by atoms with Crippen molar-refractivity contribution >= 4 is 28.5 Å². The number of aromatic nitrogens is 1. The van der Waals surface area contributed by atoms with Crippen LogP contribution in [0.25, 0.3) is 10.8 Å². The van der Waals surface area contributed by atoms with Crippen molar-refractivity contribution < 1.29 is 14.6 Å². The van der Waals surface area contributed by atoms with E-state index in [2.05, 4.69) is 4.98 Å². The minimum absolute atomic E-state index is 0.132. The van der Waals surface area contributed by atoms with Gasteiger partial charge in [0.2, 0.25) is 0 Å². The van der Waals surface area contributed by atoms with Crippen molar-refractivity contribution in [3.8, 4) is 5.75 Å². The van der Waals surface area contributed by atoms with Gasteiger partial charge in [-0.25, -0.2) is 4.98 Å². The Morgan fingerprint density at radius 1 is 1.44 bits per heavy atom. The third-order valence-corrected chi connectivity index (χ3v) is 3.50. The molecule has 1 N–H and O–H groups in total. The van der Waals surface area contributed by atoms with E-state index in [9.17, 15) is 4.79 Å². The van der Waals surface area contributed by atoms with Gasteiger partial charge in [0, 0.05) is 17.3 Å². The summed E-state index contributed by atoms with van der Waals surface area (Å²) in [7, 11) is 1.62. The lowest BCUT2D eigenvalue weighted by molar-refractivity contribution is -0.136. The zero-order valence-electron chi connectivity index (χ0n) is 9.92. The van der Waals surface area contributed by atoms with Gasteiger partial charge >= 0.3 is 5.97 Å². The topological polar surface area (TPSA) is 59.4 Å². The van der Waals surface area contributed by atoms with E-state index < -0.39 is 5.97 Å². The second-order valence-electron chi connectivity index (χ2n) is 3.70. The molecule has 0 saturated heterocycles. The van der Waals surface area contributed by atoms with Crippen molar-refractivity contribution in [3.05, 3.63) is 30.5 Å². The number of aliphatic carboxylic acids is 1. The SMILES string of the molecule is COc1ccc2ccnc(SCCC(=O)O)c2c1. The number of carboxylic acid groups (broad SMARTS) is 1. The van der Waals surface area contributed by atoms with Crippen LogP contribution in [0.3, 0.4) is 0 Å². The minimum atomic E-state index is -0.791. The third kappa shape index (κ3) is 2.92. The Kier molecular flexibility index (Phi) is 4.04. The predicted octanol–water partition coefficient (Wildman–Crippen LogP) is 2.81. The molecule has 94 valence electrons. The fourth-order valence-corrected chi connectivity index (χ4v) is 2.54. The number of nitrogens with zero attached hydrogens (tertiary/aromatic N) is 1. The molecule has 2 rings (SSSR count). The molecule has 1 heterocycles. The summed E-state index contributed by atoms with van der Waals surface area (Å²) in [6.07, 6.45) is 1.87. The summed E-state index contributed by atoms with van der Waals surface area (Å²) in [5.74, 6) is 0.495. The van der Waals surface area contributed by atoms with Crippen molar-refractivity contribution in [3.63, 3.8) is 0 Å². The molecule has 0 radical (unpaired) electrons. The van der Waals surface area contributed by atoms with Crippen molar-refractivity contribution in [2.24, 2.45) is 0 Å². The number of ether oxygens (including phenoxy) is 1. The van der Waals surface area contributed by atoms with Crippen LogP contribution >= 0.6 is 11.8 Å². The number of carbonyl (C=O) groups is 1. The van der Waals surface area contributed by atoms with Gasteiger partial charge in [0.05, 0.1) is 13.5 Å². The molecule has 0 unspecified atom stereocenters. The first-order valence-corrected chi connectivity index (χ1v) is 6.46. The van der Waals surface area contributed by atoms with Crippen LogP contribution in [-0.4, -0.2) is 28.9 Å². The first kappa shape index (κ1) is 12.7. The molecule has 2 aromatic rings. The van der Waals surface area contributed by atoms with E-state index in [4.69, 9.17) is 9.84 Å². The highest BCUT2D eigenvalue weighted by atomic mass is 32.2. The summed E-state index contributed by atoms with van der Waals surface area (Å²) in [5, 5.41) is 11.5. The standard InChI is InChI=1S/C13H13NO3S/c1-17-10-3-2-9-4-6-14-13(11(9)8-10)18-7-5-12(15)16/h2-4,6,8H,5,7H2,1H3,(H,15,16). The Hall–Kier alpha value is -1.75. The molecular formula is C13H13NO3S. The molecule has 0 atom stereocenters. The molecule has 1 aromatic carbocycles. The predicted molar refractivity (Wildman–Crippen MR) is 71.3 cm³/mol. The number of hydrogen-bond donors (Lipinski definition) is 1. The Bertz CT molecular complexity index is 571. The number of methoxy groups -OCH3 is 1. The fraction of sp³-hybridized carbons (Fsp3) is 0.231. The van der Waals surface area contributed by atoms with Crippen LogP contribution in [0.4, 0.5) is 0 Å². The Morgan fingerprint density at radius 2 is 2.28 bits per heavy atom. The number of carboxylic acids is 1. The maximum absolute atomic E-state index is 10.5. The molecule has 0 amide bonds. The van der Waals surface area contributed by atoms with Gasteiger partial charge in [-0.1, -0.05) is 6.07 Å². The Balaban J connectivity index is 2.28. The molecular weight excluding hydrogens is 250 g/mol. The van der Waals surface area contributed by atoms with Gasteiger partial charge < -0.3 is 9.84 Å². The summed E-state index contributed by atoms with van der Waals surface area (Å²) >= 11 is 1.45. The van der Waals surface area contributed by atoms with Crippen molar-refractivity contribution in [2.75, 3.05) is 12.9 Å². The van der Waals surface area contributed by atoms with Crippen LogP contribution in [0.1, 0.15) is 6.42 Å². The molecule has 5 heteroatoms. The van der Waals surface area contributed by atoms with Gasteiger partial charge in [0.25, 0.3) is 0 Å². The largest absolute Gasteiger partial charge is 0.497 e. The number of hydrogen-bond acceptors (Lipinski definition) is 4. The highest BCUT2D eigenvalue weighted by Gasteiger charge is 2.06. The van der Waals surface area contributed by atoms with E-state index in [1.165, 1.54) is 11.8 Å². The highest BCUT2D eigenvalue weighted by Crippen LogP contribution is 2.29. The zero-order valence-corrected chi connectivity index (χ0v) is 10.7. The maximum atomic E-state index is 10.5. The van der Waals surface area contributed by atoms with Gasteiger partial charge in [-0.15, -0.1) is 11.8 Å². The van der Waals surface area contributed by atoms with Crippen molar-refractivity contribution in [1.29, 1.82) is 0 Å². The molecule has 0 fully saturated rings. The van der Waals surface area contributed by atoms with E-state index in [1.54, 1.807) is 13.3 Å². The lowest BCUT2D eigenvalue weighted by Gasteiger charge is -2.06. The van der Waals surface area contributed by atoms with Crippen molar-refractivity contribution in [1.82, 2.24) is 4.98 Å². The highest BCUT2D eigenvalue weighted by molar-refractivity contribution is 7.99. The van der Waals surface area contributed by atoms with Gasteiger partial charge in [0.1, 0.15) is 10.8 Å². The van der Waals surface area contributed by atoms with Crippen LogP contribution in [-0.2, 0) is 4.79 Å². The Labute approximate surface area is 109 Å². The van der Waals surface area contributed by atoms with Crippen molar-refractivity contribution in [2.45, 2.75) is 11.4 Å². The molecule has 0 spiro atoms. The summed E-state index contributed by atoms with van der Waals surface area (Å²) in [6, 6.07) is 7.71. The quantitative estimate of drug-likeness (QED) is 0.840. The molecule has 0 aliphatic heterocycles. The number of thioether (sulfide) groups is 1. The van der Waals surface area contributed by atoms with Crippen LogP contribution in [0, 0.1) is 0 Å². The molecule has 0 aliphatic rings. The van der Waals surface area contributed by atoms with Gasteiger partial charge in [-0.2, -0.15) is 0 Å². The number of fused-ring (bicyclic) bond motifs is 1. The molecule has 4 nitrogen and oxygen atoms in total. The second-order valence-corrected chi connectivity index (χ2v) is 4.78. The summed E-state index contributed by atoms with van der Waals surface area (Å²) in [5.41, 5.74) is 0. The van der Waals surface area contributed by atoms with Crippen LogP contribution in [0.15, 0.2) is 35.5 Å². The minimum Gasteiger partial charge on any atom is -0.497 e. The molecule has 0 bridgehead atoms. The lowest BCUT2D eigenvalue weighted by atomic mass is 10.2. The van der Waals surface area contributed by atoms with Crippen LogP contribution in [0.5, 0.6) is 5.75 Å². The molecule has 0 saturated carbocycles. The fourth-order valence-electron chi connectivity index (χ4n) is 1.60. The summed E-state index contributed by atoms with van der Waals surface area (Å²) < 4.78 is 5.19. The van der Waals surface area contributed by atoms with Crippen LogP contribution < -0.4 is 4.74 Å². The average Bonchev–Trinajstić information content (AvgIpc) is 2.38. The zero-order chi connectivity index (χ0) is 13.0. The van der Waals surface area contributed by atoms with E-state index in [0.717, 1.165) is 21.5 Å². The molecule has 0 aliphatic carbocycles. The number of rotatable bonds is 5. The van der Waals surface area contributed by atoms with E-state index in [-0.39, 0.29) is 6.42 Å². The number of pyridine rings is 1. The smallest absolute Gasteiger partial charge is 0.304 e. The van der Waals surface area contributed by atoms with E-state index in [0.29, 0.717) is 5.75 Å². The third-order valence-electron chi connectivity index (χ3n) is 2.49. The van der Waals surface area contributed by atoms with Gasteiger partial charge in [-0.3, -0.25) is 4.79 Å². The first-order chi connectivity index (χ1) is 8.70. The van der Waals surface area contributed by atoms with Crippen LogP contribution in [0.2, 0.25) is 0 Å². The monoisotopic (exact) mass is 263 g/mol. The second kappa shape index (κ2) is 5.73. The average molecular weight is 263 g/mol. The summed E-state index contributed by atoms with van der Waals surface area (Å²) in [6.45, 7) is 0. The van der Waals surface area contributed by atoms with Gasteiger partial charge in [-0.05, 0) is 23.6 Å². The lowest BCUT2D eigenvalue weighted by Crippen LogP contribution is -1.96. The van der Waals surface area contributed by atoms with E-state index >= 15 is 0 Å². The maximum Gasteiger partial charge on any atom is 0.304 e. The first-order valence-electron chi connectivity index (χ1n) is 5.48. The summed E-state index contributed by atoms with van der Waals surface area (Å²) in [4.78, 5) is 14.8. The van der Waals surface area contributed by atoms with E-state index in [1.807, 2.05) is 24.3 Å². The van der Waals surface area contributed by atoms with Gasteiger partial charge in [0.15, 0.2) is 0 Å². The Morgan fingerprint density at radius 3 is 3.00 bits per heavy atom. The normalized spacial score (nSPS) is 10.5. The molecule has 18 heavy (non-hydrogen) atoms.